The van der Waals surface area contributed by atoms with Gasteiger partial charge in [-0.3, -0.25) is 4.79 Å². The second-order valence-corrected chi connectivity index (χ2v) is 5.22. The van der Waals surface area contributed by atoms with Crippen molar-refractivity contribution >= 4 is 35.1 Å². The van der Waals surface area contributed by atoms with E-state index in [1.165, 1.54) is 0 Å². The molecule has 2 rings (SSSR count). The van der Waals surface area contributed by atoms with Gasteiger partial charge in [-0.2, -0.15) is 16.4 Å². The Morgan fingerprint density at radius 1 is 1.40 bits per heavy atom. The highest BCUT2D eigenvalue weighted by Gasteiger charge is 2.13. The number of hydrogen-bond donors (Lipinski definition) is 1. The van der Waals surface area contributed by atoms with Crippen LogP contribution < -0.4 is 10.2 Å². The largest absolute Gasteiger partial charge is 0.481 e. The molecule has 0 aliphatic carbocycles. The van der Waals surface area contributed by atoms with E-state index < -0.39 is 6.10 Å². The van der Waals surface area contributed by atoms with E-state index in [1.807, 2.05) is 16.8 Å². The Balaban J connectivity index is 1.84. The van der Waals surface area contributed by atoms with Gasteiger partial charge in [0.05, 0.1) is 6.21 Å². The first-order valence-corrected chi connectivity index (χ1v) is 7.24. The number of carbonyl (C=O) groups is 1. The van der Waals surface area contributed by atoms with Gasteiger partial charge in [-0.1, -0.05) is 11.6 Å². The van der Waals surface area contributed by atoms with E-state index in [1.54, 1.807) is 48.7 Å². The van der Waals surface area contributed by atoms with Gasteiger partial charge >= 0.3 is 0 Å². The molecule has 1 unspecified atom stereocenters. The molecular formula is C14H13ClN2O2S. The number of thiophene rings is 1. The van der Waals surface area contributed by atoms with Crippen molar-refractivity contribution in [2.45, 2.75) is 13.0 Å². The summed E-state index contributed by atoms with van der Waals surface area (Å²) >= 11 is 7.34. The summed E-state index contributed by atoms with van der Waals surface area (Å²) in [5.74, 6) is 0.269. The van der Waals surface area contributed by atoms with Crippen LogP contribution in [0.2, 0.25) is 5.02 Å². The van der Waals surface area contributed by atoms with E-state index >= 15 is 0 Å². The van der Waals surface area contributed by atoms with Crippen LogP contribution in [0.3, 0.4) is 0 Å². The van der Waals surface area contributed by atoms with Crippen molar-refractivity contribution in [3.8, 4) is 5.75 Å². The molecule has 20 heavy (non-hydrogen) atoms. The molecule has 104 valence electrons. The molecule has 0 saturated heterocycles. The third-order valence-electron chi connectivity index (χ3n) is 2.43. The van der Waals surface area contributed by atoms with Gasteiger partial charge in [0.25, 0.3) is 5.91 Å². The van der Waals surface area contributed by atoms with Crippen LogP contribution in [0.1, 0.15) is 12.5 Å². The first kappa shape index (κ1) is 14.6. The minimum atomic E-state index is -0.643. The van der Waals surface area contributed by atoms with Crippen molar-refractivity contribution in [1.82, 2.24) is 5.43 Å². The van der Waals surface area contributed by atoms with Crippen molar-refractivity contribution in [2.24, 2.45) is 5.10 Å². The molecule has 1 amide bonds. The van der Waals surface area contributed by atoms with Crippen LogP contribution in [0, 0.1) is 0 Å². The van der Waals surface area contributed by atoms with Crippen LogP contribution in [-0.2, 0) is 4.79 Å². The summed E-state index contributed by atoms with van der Waals surface area (Å²) < 4.78 is 5.48. The third-order valence-corrected chi connectivity index (χ3v) is 3.38. The maximum absolute atomic E-state index is 11.8. The summed E-state index contributed by atoms with van der Waals surface area (Å²) in [6.07, 6.45) is 0.944. The minimum absolute atomic E-state index is 0.313. The highest BCUT2D eigenvalue weighted by molar-refractivity contribution is 7.08. The number of amides is 1. The van der Waals surface area contributed by atoms with Crippen LogP contribution in [0.25, 0.3) is 0 Å². The molecule has 0 aliphatic heterocycles. The molecule has 0 aliphatic rings. The summed E-state index contributed by atoms with van der Waals surface area (Å²) in [6.45, 7) is 1.66. The van der Waals surface area contributed by atoms with E-state index in [-0.39, 0.29) is 5.91 Å². The maximum atomic E-state index is 11.8. The highest BCUT2D eigenvalue weighted by atomic mass is 35.5. The molecule has 0 bridgehead atoms. The molecule has 2 aromatic rings. The Bertz CT molecular complexity index is 582. The summed E-state index contributed by atoms with van der Waals surface area (Å²) in [6, 6.07) is 8.74. The Morgan fingerprint density at radius 3 is 2.80 bits per heavy atom. The molecular weight excluding hydrogens is 296 g/mol. The topological polar surface area (TPSA) is 50.7 Å². The van der Waals surface area contributed by atoms with Gasteiger partial charge in [0.15, 0.2) is 6.10 Å². The Labute approximate surface area is 126 Å². The molecule has 0 fully saturated rings. The maximum Gasteiger partial charge on any atom is 0.280 e. The molecule has 6 heteroatoms. The Morgan fingerprint density at radius 2 is 2.15 bits per heavy atom. The SMILES string of the molecule is CC(Oc1ccc(Cl)cc1)C(=O)NN=Cc1ccsc1. The standard InChI is InChI=1S/C14H13ClN2O2S/c1-10(19-13-4-2-12(15)3-5-13)14(18)17-16-8-11-6-7-20-9-11/h2-10H,1H3,(H,17,18). The van der Waals surface area contributed by atoms with Crippen molar-refractivity contribution in [3.05, 3.63) is 51.7 Å². The van der Waals surface area contributed by atoms with Gasteiger partial charge in [-0.25, -0.2) is 5.43 Å². The number of hydrogen-bond acceptors (Lipinski definition) is 4. The van der Waals surface area contributed by atoms with Gasteiger partial charge in [-0.05, 0) is 48.0 Å². The number of carbonyl (C=O) groups excluding carboxylic acids is 1. The van der Waals surface area contributed by atoms with E-state index in [4.69, 9.17) is 16.3 Å². The van der Waals surface area contributed by atoms with Gasteiger partial charge in [0, 0.05) is 10.6 Å². The minimum Gasteiger partial charge on any atom is -0.481 e. The predicted molar refractivity (Wildman–Crippen MR) is 81.6 cm³/mol. The molecule has 0 saturated carbocycles. The Kier molecular flexibility index (Phi) is 5.15. The molecule has 0 spiro atoms. The smallest absolute Gasteiger partial charge is 0.280 e. The van der Waals surface area contributed by atoms with E-state index in [0.29, 0.717) is 10.8 Å². The van der Waals surface area contributed by atoms with Crippen LogP contribution in [0.5, 0.6) is 5.75 Å². The van der Waals surface area contributed by atoms with Gasteiger partial charge in [0.1, 0.15) is 5.75 Å². The van der Waals surface area contributed by atoms with E-state index in [9.17, 15) is 4.79 Å². The van der Waals surface area contributed by atoms with Crippen molar-refractivity contribution < 1.29 is 9.53 Å². The number of nitrogens with one attached hydrogen (secondary N) is 1. The lowest BCUT2D eigenvalue weighted by Gasteiger charge is -2.12. The molecule has 0 radical (unpaired) electrons. The van der Waals surface area contributed by atoms with Crippen LogP contribution in [0.15, 0.2) is 46.2 Å². The van der Waals surface area contributed by atoms with Gasteiger partial charge < -0.3 is 4.74 Å². The number of rotatable bonds is 5. The van der Waals surface area contributed by atoms with Gasteiger partial charge in [-0.15, -0.1) is 0 Å². The third kappa shape index (κ3) is 4.36. The van der Waals surface area contributed by atoms with Gasteiger partial charge in [0.2, 0.25) is 0 Å². The quantitative estimate of drug-likeness (QED) is 0.680. The summed E-state index contributed by atoms with van der Waals surface area (Å²) in [4.78, 5) is 11.8. The first-order valence-electron chi connectivity index (χ1n) is 5.92. The van der Waals surface area contributed by atoms with Crippen molar-refractivity contribution in [1.29, 1.82) is 0 Å². The first-order chi connectivity index (χ1) is 9.65. The Hall–Kier alpha value is -1.85. The van der Waals surface area contributed by atoms with Crippen LogP contribution >= 0.6 is 22.9 Å². The predicted octanol–water partition coefficient (Wildman–Crippen LogP) is 3.32. The lowest BCUT2D eigenvalue weighted by molar-refractivity contribution is -0.127. The van der Waals surface area contributed by atoms with Crippen molar-refractivity contribution in [3.63, 3.8) is 0 Å². The lowest BCUT2D eigenvalue weighted by Crippen LogP contribution is -2.33. The molecule has 1 aromatic carbocycles. The lowest BCUT2D eigenvalue weighted by atomic mass is 10.3. The second-order valence-electron chi connectivity index (χ2n) is 4.00. The van der Waals surface area contributed by atoms with Crippen LogP contribution in [-0.4, -0.2) is 18.2 Å². The highest BCUT2D eigenvalue weighted by Crippen LogP contribution is 2.16. The summed E-state index contributed by atoms with van der Waals surface area (Å²) in [7, 11) is 0. The van der Waals surface area contributed by atoms with E-state index in [0.717, 1.165) is 5.56 Å². The summed E-state index contributed by atoms with van der Waals surface area (Å²) in [5.41, 5.74) is 3.38. The fourth-order valence-electron chi connectivity index (χ4n) is 1.38. The second kappa shape index (κ2) is 7.07. The fraction of sp³-hybridized carbons (Fsp3) is 0.143. The molecule has 4 nitrogen and oxygen atoms in total. The fourth-order valence-corrected chi connectivity index (χ4v) is 2.12. The summed E-state index contributed by atoms with van der Waals surface area (Å²) in [5, 5.41) is 8.37. The number of halogens is 1. The monoisotopic (exact) mass is 308 g/mol. The van der Waals surface area contributed by atoms with Crippen molar-refractivity contribution in [2.75, 3.05) is 0 Å². The van der Waals surface area contributed by atoms with E-state index in [2.05, 4.69) is 10.5 Å². The number of nitrogens with zero attached hydrogens (tertiary/aromatic N) is 1. The average molecular weight is 309 g/mol. The van der Waals surface area contributed by atoms with Crippen LogP contribution in [0.4, 0.5) is 0 Å². The zero-order valence-electron chi connectivity index (χ0n) is 10.7. The molecule has 1 heterocycles. The zero-order valence-corrected chi connectivity index (χ0v) is 12.3. The molecule has 1 N–H and O–H groups in total. The zero-order chi connectivity index (χ0) is 14.4. The number of hydrazone groups is 1. The number of ether oxygens (including phenoxy) is 1. The normalized spacial score (nSPS) is 12.3. The molecule has 1 aromatic heterocycles. The molecule has 1 atom stereocenters. The average Bonchev–Trinajstić information content (AvgIpc) is 2.94. The number of benzene rings is 1.